The van der Waals surface area contributed by atoms with Crippen LogP contribution in [0.4, 0.5) is 0 Å². The van der Waals surface area contributed by atoms with E-state index in [1.165, 1.54) is 5.56 Å². The second-order valence-electron chi connectivity index (χ2n) is 3.91. The van der Waals surface area contributed by atoms with Crippen LogP contribution in [0.5, 0.6) is 5.75 Å². The van der Waals surface area contributed by atoms with Gasteiger partial charge in [0.25, 0.3) is 0 Å². The van der Waals surface area contributed by atoms with Gasteiger partial charge in [-0.2, -0.15) is 0 Å². The molecule has 1 aliphatic heterocycles. The summed E-state index contributed by atoms with van der Waals surface area (Å²) in [6.45, 7) is 3.81. The van der Waals surface area contributed by atoms with Crippen molar-refractivity contribution in [2.45, 2.75) is 25.8 Å². The van der Waals surface area contributed by atoms with Crippen LogP contribution in [0, 0.1) is 0 Å². The molecule has 0 aromatic heterocycles. The molecule has 1 unspecified atom stereocenters. The Morgan fingerprint density at radius 3 is 3.12 bits per heavy atom. The molecule has 0 saturated heterocycles. The zero-order valence-electron chi connectivity index (χ0n) is 9.22. The lowest BCUT2D eigenvalue weighted by Gasteiger charge is -2.18. The highest BCUT2D eigenvalue weighted by atomic mass is 79.9. The lowest BCUT2D eigenvalue weighted by atomic mass is 10.0. The number of hydrogen-bond acceptors (Lipinski definition) is 2. The first-order valence-electron chi connectivity index (χ1n) is 5.57. The molecule has 1 N–H and O–H groups in total. The van der Waals surface area contributed by atoms with Crippen LogP contribution in [0.2, 0.25) is 5.02 Å². The van der Waals surface area contributed by atoms with Gasteiger partial charge in [-0.15, -0.1) is 0 Å². The topological polar surface area (TPSA) is 21.3 Å². The summed E-state index contributed by atoms with van der Waals surface area (Å²) in [4.78, 5) is 0. The molecule has 1 aromatic carbocycles. The largest absolute Gasteiger partial charge is 0.492 e. The predicted molar refractivity (Wildman–Crippen MR) is 70.3 cm³/mol. The van der Waals surface area contributed by atoms with Crippen molar-refractivity contribution >= 4 is 27.5 Å². The molecule has 2 rings (SSSR count). The van der Waals surface area contributed by atoms with Crippen LogP contribution in [0.1, 0.15) is 31.4 Å². The van der Waals surface area contributed by atoms with Crippen LogP contribution in [0.15, 0.2) is 16.6 Å². The van der Waals surface area contributed by atoms with Crippen LogP contribution in [0.25, 0.3) is 0 Å². The first-order chi connectivity index (χ1) is 7.72. The minimum atomic E-state index is 0.345. The molecule has 88 valence electrons. The fourth-order valence-corrected chi connectivity index (χ4v) is 2.96. The van der Waals surface area contributed by atoms with Crippen molar-refractivity contribution in [2.75, 3.05) is 13.2 Å². The molecule has 0 spiro atoms. The summed E-state index contributed by atoms with van der Waals surface area (Å²) in [5.41, 5.74) is 1.17. The number of ether oxygens (including phenoxy) is 1. The highest BCUT2D eigenvalue weighted by Crippen LogP contribution is 2.39. The van der Waals surface area contributed by atoms with Crippen LogP contribution in [0.3, 0.4) is 0 Å². The molecule has 1 atom stereocenters. The molecule has 1 aromatic rings. The Morgan fingerprint density at radius 1 is 1.56 bits per heavy atom. The fraction of sp³-hybridized carbons (Fsp3) is 0.500. The third kappa shape index (κ3) is 2.53. The van der Waals surface area contributed by atoms with Crippen molar-refractivity contribution < 1.29 is 4.74 Å². The Labute approximate surface area is 109 Å². The van der Waals surface area contributed by atoms with E-state index in [1.54, 1.807) is 0 Å². The van der Waals surface area contributed by atoms with Crippen molar-refractivity contribution in [3.63, 3.8) is 0 Å². The summed E-state index contributed by atoms with van der Waals surface area (Å²) >= 11 is 9.68. The minimum absolute atomic E-state index is 0.345. The monoisotopic (exact) mass is 303 g/mol. The number of rotatable bonds is 2. The molecule has 0 amide bonds. The third-order valence-corrected chi connectivity index (χ3v) is 3.49. The third-order valence-electron chi connectivity index (χ3n) is 2.75. The summed E-state index contributed by atoms with van der Waals surface area (Å²) < 4.78 is 6.72. The first kappa shape index (κ1) is 12.2. The van der Waals surface area contributed by atoms with E-state index in [0.29, 0.717) is 11.1 Å². The van der Waals surface area contributed by atoms with Gasteiger partial charge in [-0.25, -0.2) is 0 Å². The molecule has 0 bridgehead atoms. The van der Waals surface area contributed by atoms with Crippen molar-refractivity contribution in [1.82, 2.24) is 5.32 Å². The summed E-state index contributed by atoms with van der Waals surface area (Å²) in [5, 5.41) is 4.16. The average Bonchev–Trinajstić information content (AvgIpc) is 2.42. The molecule has 16 heavy (non-hydrogen) atoms. The molecule has 0 radical (unpaired) electrons. The van der Waals surface area contributed by atoms with E-state index in [0.717, 1.165) is 36.2 Å². The maximum absolute atomic E-state index is 6.20. The number of fused-ring (bicyclic) bond motifs is 1. The normalized spacial score (nSPS) is 19.8. The van der Waals surface area contributed by atoms with Gasteiger partial charge >= 0.3 is 0 Å². The summed E-state index contributed by atoms with van der Waals surface area (Å²) in [7, 11) is 0. The smallest absolute Gasteiger partial charge is 0.142 e. The lowest BCUT2D eigenvalue weighted by Crippen LogP contribution is -2.20. The van der Waals surface area contributed by atoms with Gasteiger partial charge in [-0.1, -0.05) is 34.5 Å². The number of nitrogens with one attached hydrogen (secondary N) is 1. The quantitative estimate of drug-likeness (QED) is 0.894. The second kappa shape index (κ2) is 5.39. The lowest BCUT2D eigenvalue weighted by molar-refractivity contribution is 0.315. The fourth-order valence-electron chi connectivity index (χ4n) is 2.07. The molecular formula is C12H15BrClNO. The van der Waals surface area contributed by atoms with Crippen molar-refractivity contribution in [3.05, 3.63) is 27.2 Å². The van der Waals surface area contributed by atoms with Crippen LogP contribution in [-0.4, -0.2) is 13.2 Å². The van der Waals surface area contributed by atoms with Gasteiger partial charge in [-0.3, -0.25) is 0 Å². The van der Waals surface area contributed by atoms with Gasteiger partial charge in [0.05, 0.1) is 11.6 Å². The van der Waals surface area contributed by atoms with E-state index in [2.05, 4.69) is 34.2 Å². The van der Waals surface area contributed by atoms with E-state index in [9.17, 15) is 0 Å². The molecule has 2 nitrogen and oxygen atoms in total. The average molecular weight is 305 g/mol. The summed E-state index contributed by atoms with van der Waals surface area (Å²) in [5.74, 6) is 0.841. The zero-order chi connectivity index (χ0) is 11.5. The minimum Gasteiger partial charge on any atom is -0.492 e. The molecule has 1 heterocycles. The SMILES string of the molecule is CCNC1CCCOc2c(Cl)cc(Br)cc21. The maximum Gasteiger partial charge on any atom is 0.142 e. The molecule has 0 fully saturated rings. The molecule has 1 aliphatic rings. The maximum atomic E-state index is 6.20. The summed E-state index contributed by atoms with van der Waals surface area (Å²) in [6.07, 6.45) is 2.15. The Balaban J connectivity index is 2.43. The standard InChI is InChI=1S/C12H15BrClNO/c1-2-15-11-4-3-5-16-12-9(11)6-8(13)7-10(12)14/h6-7,11,15H,2-5H2,1H3. The Morgan fingerprint density at radius 2 is 2.38 bits per heavy atom. The van der Waals surface area contributed by atoms with E-state index in [1.807, 2.05) is 6.07 Å². The number of hydrogen-bond donors (Lipinski definition) is 1. The summed E-state index contributed by atoms with van der Waals surface area (Å²) in [6, 6.07) is 4.33. The first-order valence-corrected chi connectivity index (χ1v) is 6.74. The highest BCUT2D eigenvalue weighted by Gasteiger charge is 2.21. The van der Waals surface area contributed by atoms with Crippen LogP contribution < -0.4 is 10.1 Å². The van der Waals surface area contributed by atoms with E-state index in [4.69, 9.17) is 16.3 Å². The zero-order valence-corrected chi connectivity index (χ0v) is 11.6. The number of halogens is 2. The van der Waals surface area contributed by atoms with Crippen LogP contribution in [-0.2, 0) is 0 Å². The van der Waals surface area contributed by atoms with Gasteiger partial charge in [0, 0.05) is 16.1 Å². The van der Waals surface area contributed by atoms with E-state index in [-0.39, 0.29) is 0 Å². The van der Waals surface area contributed by atoms with Gasteiger partial charge in [-0.05, 0) is 31.5 Å². The highest BCUT2D eigenvalue weighted by molar-refractivity contribution is 9.10. The Kier molecular flexibility index (Phi) is 4.11. The van der Waals surface area contributed by atoms with Crippen LogP contribution >= 0.6 is 27.5 Å². The Hall–Kier alpha value is -0.250. The van der Waals surface area contributed by atoms with Crippen molar-refractivity contribution in [1.29, 1.82) is 0 Å². The van der Waals surface area contributed by atoms with Gasteiger partial charge in [0.15, 0.2) is 0 Å². The second-order valence-corrected chi connectivity index (χ2v) is 5.23. The molecule has 0 saturated carbocycles. The van der Waals surface area contributed by atoms with E-state index < -0.39 is 0 Å². The van der Waals surface area contributed by atoms with Gasteiger partial charge < -0.3 is 10.1 Å². The molecule has 4 heteroatoms. The van der Waals surface area contributed by atoms with E-state index >= 15 is 0 Å². The Bertz CT molecular complexity index is 384. The predicted octanol–water partition coefficient (Wildman–Crippen LogP) is 3.93. The van der Waals surface area contributed by atoms with Gasteiger partial charge in [0.1, 0.15) is 5.75 Å². The van der Waals surface area contributed by atoms with Gasteiger partial charge in [0.2, 0.25) is 0 Å². The number of benzene rings is 1. The molecule has 0 aliphatic carbocycles. The van der Waals surface area contributed by atoms with Crippen molar-refractivity contribution in [2.24, 2.45) is 0 Å². The van der Waals surface area contributed by atoms with Crippen molar-refractivity contribution in [3.8, 4) is 5.75 Å². The molecular weight excluding hydrogens is 289 g/mol.